The van der Waals surface area contributed by atoms with Crippen LogP contribution in [0.5, 0.6) is 0 Å². The Morgan fingerprint density at radius 2 is 1.94 bits per heavy atom. The van der Waals surface area contributed by atoms with Crippen molar-refractivity contribution >= 4 is 5.97 Å². The van der Waals surface area contributed by atoms with Crippen molar-refractivity contribution in [1.29, 1.82) is 0 Å². The van der Waals surface area contributed by atoms with Crippen LogP contribution in [0, 0.1) is 5.92 Å². The van der Waals surface area contributed by atoms with Crippen molar-refractivity contribution in [2.75, 3.05) is 0 Å². The molecule has 1 saturated carbocycles. The summed E-state index contributed by atoms with van der Waals surface area (Å²) < 4.78 is 26.4. The fourth-order valence-electron chi connectivity index (χ4n) is 2.53. The average Bonchev–Trinajstić information content (AvgIpc) is 2.70. The molecule has 0 aromatic heterocycles. The molecule has 1 aromatic carbocycles. The van der Waals surface area contributed by atoms with Crippen LogP contribution in [0.3, 0.4) is 0 Å². The van der Waals surface area contributed by atoms with Crippen LogP contribution in [-0.4, -0.2) is 22.1 Å². The van der Waals surface area contributed by atoms with E-state index in [0.29, 0.717) is 0 Å². The van der Waals surface area contributed by atoms with Gasteiger partial charge < -0.3 is 10.2 Å². The maximum Gasteiger partial charge on any atom is 0.340 e. The molecular weight excluding hydrogens is 242 g/mol. The van der Waals surface area contributed by atoms with Crippen molar-refractivity contribution in [1.82, 2.24) is 0 Å². The zero-order chi connectivity index (χ0) is 13.4. The standard InChI is InChI=1S/C13H14F2O3/c14-12(15)7-6-10(8-12)13(18,11(16)17)9-4-2-1-3-5-9/h1-5,10,18H,6-8H2,(H,16,17)/t10-,13-/m0/s1. The molecule has 1 aliphatic carbocycles. The lowest BCUT2D eigenvalue weighted by Gasteiger charge is -2.30. The molecule has 18 heavy (non-hydrogen) atoms. The van der Waals surface area contributed by atoms with Crippen molar-refractivity contribution in [2.24, 2.45) is 5.92 Å². The summed E-state index contributed by atoms with van der Waals surface area (Å²) in [5, 5.41) is 19.6. The Morgan fingerprint density at radius 3 is 2.39 bits per heavy atom. The van der Waals surface area contributed by atoms with Gasteiger partial charge in [0.05, 0.1) is 0 Å². The molecule has 0 bridgehead atoms. The molecule has 2 N–H and O–H groups in total. The minimum atomic E-state index is -2.89. The summed E-state index contributed by atoms with van der Waals surface area (Å²) in [7, 11) is 0. The van der Waals surface area contributed by atoms with Gasteiger partial charge in [0.25, 0.3) is 0 Å². The highest BCUT2D eigenvalue weighted by molar-refractivity contribution is 5.79. The van der Waals surface area contributed by atoms with Gasteiger partial charge in [0.1, 0.15) is 0 Å². The van der Waals surface area contributed by atoms with Gasteiger partial charge in [0, 0.05) is 18.8 Å². The summed E-state index contributed by atoms with van der Waals surface area (Å²) in [5.41, 5.74) is -2.08. The Kier molecular flexibility index (Phi) is 3.11. The third-order valence-corrected chi connectivity index (χ3v) is 3.53. The summed E-state index contributed by atoms with van der Waals surface area (Å²) in [5.74, 6) is -5.33. The van der Waals surface area contributed by atoms with Gasteiger partial charge in [-0.1, -0.05) is 30.3 Å². The summed E-state index contributed by atoms with van der Waals surface area (Å²) in [6, 6.07) is 7.73. The molecule has 1 aromatic rings. The molecule has 0 aliphatic heterocycles. The molecular formula is C13H14F2O3. The van der Waals surface area contributed by atoms with Gasteiger partial charge in [0.15, 0.2) is 5.60 Å². The second kappa shape index (κ2) is 4.31. The number of carboxylic acid groups (broad SMARTS) is 1. The molecule has 3 nitrogen and oxygen atoms in total. The lowest BCUT2D eigenvalue weighted by atomic mass is 9.80. The second-order valence-electron chi connectivity index (χ2n) is 4.73. The van der Waals surface area contributed by atoms with Crippen molar-refractivity contribution in [3.05, 3.63) is 35.9 Å². The second-order valence-corrected chi connectivity index (χ2v) is 4.73. The molecule has 0 radical (unpaired) electrons. The van der Waals surface area contributed by atoms with E-state index in [2.05, 4.69) is 0 Å². The SMILES string of the molecule is O=C(O)[C@](O)(c1ccccc1)[C@H]1CCC(F)(F)C1. The van der Waals surface area contributed by atoms with Gasteiger partial charge in [-0.15, -0.1) is 0 Å². The van der Waals surface area contributed by atoms with Crippen LogP contribution in [0.1, 0.15) is 24.8 Å². The lowest BCUT2D eigenvalue weighted by molar-refractivity contribution is -0.167. The fraction of sp³-hybridized carbons (Fsp3) is 0.462. The van der Waals surface area contributed by atoms with E-state index in [1.807, 2.05) is 0 Å². The highest BCUT2D eigenvalue weighted by Gasteiger charge is 2.53. The van der Waals surface area contributed by atoms with E-state index in [0.717, 1.165) is 0 Å². The largest absolute Gasteiger partial charge is 0.479 e. The number of aliphatic carboxylic acids is 1. The lowest BCUT2D eigenvalue weighted by Crippen LogP contribution is -2.42. The fourth-order valence-corrected chi connectivity index (χ4v) is 2.53. The van der Waals surface area contributed by atoms with E-state index in [9.17, 15) is 23.8 Å². The number of hydrogen-bond acceptors (Lipinski definition) is 2. The first-order valence-corrected chi connectivity index (χ1v) is 5.75. The van der Waals surface area contributed by atoms with Gasteiger partial charge in [-0.2, -0.15) is 0 Å². The average molecular weight is 256 g/mol. The quantitative estimate of drug-likeness (QED) is 0.873. The molecule has 0 saturated heterocycles. The van der Waals surface area contributed by atoms with Crippen molar-refractivity contribution in [3.8, 4) is 0 Å². The number of hydrogen-bond donors (Lipinski definition) is 2. The molecule has 0 heterocycles. The Morgan fingerprint density at radius 1 is 1.33 bits per heavy atom. The van der Waals surface area contributed by atoms with Crippen LogP contribution < -0.4 is 0 Å². The summed E-state index contributed by atoms with van der Waals surface area (Å²) in [6.07, 6.45) is -0.963. The maximum absolute atomic E-state index is 13.2. The van der Waals surface area contributed by atoms with Crippen molar-refractivity contribution in [2.45, 2.75) is 30.8 Å². The molecule has 1 aliphatic rings. The molecule has 98 valence electrons. The first-order valence-electron chi connectivity index (χ1n) is 5.75. The topological polar surface area (TPSA) is 57.5 Å². The molecule has 0 amide bonds. The predicted molar refractivity (Wildman–Crippen MR) is 60.3 cm³/mol. The Balaban J connectivity index is 2.37. The number of benzene rings is 1. The smallest absolute Gasteiger partial charge is 0.340 e. The normalized spacial score (nSPS) is 25.6. The number of carbonyl (C=O) groups is 1. The predicted octanol–water partition coefficient (Wildman–Crippen LogP) is 2.39. The van der Waals surface area contributed by atoms with Crippen molar-refractivity contribution in [3.63, 3.8) is 0 Å². The van der Waals surface area contributed by atoms with E-state index < -0.39 is 29.8 Å². The van der Waals surface area contributed by atoms with E-state index in [-0.39, 0.29) is 18.4 Å². The highest BCUT2D eigenvalue weighted by Crippen LogP contribution is 2.47. The van der Waals surface area contributed by atoms with Crippen LogP contribution >= 0.6 is 0 Å². The number of alkyl halides is 2. The Labute approximate surface area is 103 Å². The van der Waals surface area contributed by atoms with Crippen LogP contribution in [0.15, 0.2) is 30.3 Å². The molecule has 0 spiro atoms. The Bertz CT molecular complexity index is 447. The minimum absolute atomic E-state index is 0.00466. The number of aliphatic hydroxyl groups is 1. The number of halogens is 2. The van der Waals surface area contributed by atoms with Gasteiger partial charge in [-0.05, 0) is 12.0 Å². The van der Waals surface area contributed by atoms with Gasteiger partial charge >= 0.3 is 5.97 Å². The van der Waals surface area contributed by atoms with Gasteiger partial charge in [-0.3, -0.25) is 0 Å². The number of carboxylic acids is 1. The molecule has 5 heteroatoms. The third-order valence-electron chi connectivity index (χ3n) is 3.53. The monoisotopic (exact) mass is 256 g/mol. The van der Waals surface area contributed by atoms with Crippen LogP contribution in [0.25, 0.3) is 0 Å². The first kappa shape index (κ1) is 13.0. The van der Waals surface area contributed by atoms with E-state index in [1.165, 1.54) is 12.1 Å². The number of rotatable bonds is 3. The molecule has 1 fully saturated rings. The van der Waals surface area contributed by atoms with E-state index >= 15 is 0 Å². The zero-order valence-electron chi connectivity index (χ0n) is 9.64. The summed E-state index contributed by atoms with van der Waals surface area (Å²) >= 11 is 0. The van der Waals surface area contributed by atoms with Crippen molar-refractivity contribution < 1.29 is 23.8 Å². The van der Waals surface area contributed by atoms with Gasteiger partial charge in [0.2, 0.25) is 5.92 Å². The molecule has 0 unspecified atom stereocenters. The van der Waals surface area contributed by atoms with E-state index in [4.69, 9.17) is 0 Å². The van der Waals surface area contributed by atoms with Crippen LogP contribution in [0.2, 0.25) is 0 Å². The minimum Gasteiger partial charge on any atom is -0.479 e. The van der Waals surface area contributed by atoms with Crippen LogP contribution in [0.4, 0.5) is 8.78 Å². The van der Waals surface area contributed by atoms with Gasteiger partial charge in [-0.25, -0.2) is 13.6 Å². The summed E-state index contributed by atoms with van der Waals surface area (Å²) in [4.78, 5) is 11.3. The Hall–Kier alpha value is -1.49. The summed E-state index contributed by atoms with van der Waals surface area (Å²) in [6.45, 7) is 0. The molecule has 2 rings (SSSR count). The zero-order valence-corrected chi connectivity index (χ0v) is 9.64. The van der Waals surface area contributed by atoms with Crippen LogP contribution in [-0.2, 0) is 10.4 Å². The highest BCUT2D eigenvalue weighted by atomic mass is 19.3. The first-order chi connectivity index (χ1) is 8.36. The maximum atomic E-state index is 13.2. The third kappa shape index (κ3) is 2.10. The molecule has 2 atom stereocenters. The van der Waals surface area contributed by atoms with E-state index in [1.54, 1.807) is 18.2 Å².